The van der Waals surface area contributed by atoms with Crippen molar-refractivity contribution in [3.05, 3.63) is 53.1 Å². The Morgan fingerprint density at radius 3 is 2.47 bits per heavy atom. The number of aromatic nitrogens is 1. The van der Waals surface area contributed by atoms with Crippen LogP contribution in [0.2, 0.25) is 5.02 Å². The Balaban J connectivity index is 0.00000320. The zero-order valence-corrected chi connectivity index (χ0v) is 20.0. The number of likely N-dealkylation sites (N-methyl/N-ethyl adjacent to an activating group) is 1. The maximum absolute atomic E-state index is 13.3. The molecule has 0 aliphatic rings. The maximum Gasteiger partial charge on any atom is 0.260 e. The summed E-state index contributed by atoms with van der Waals surface area (Å²) in [5, 5.41) is 1.06. The summed E-state index contributed by atoms with van der Waals surface area (Å²) in [6, 6.07) is 11.7. The molecule has 1 heterocycles. The standard InChI is InChI=1S/C20H22ClN3O3S2.ClH/c1-4-29(26,27)15-8-5-7-14(13-15)19(25)24(12-11-23(2)3)20-22-18-16(21)9-6-10-17(18)28-20;/h5-10,13H,4,11-12H2,1-3H3;1H. The molecular weight excluding hydrogens is 465 g/mol. The van der Waals surface area contributed by atoms with Crippen molar-refractivity contribution in [2.24, 2.45) is 0 Å². The molecule has 0 N–H and O–H groups in total. The second-order valence-corrected chi connectivity index (χ2v) is 10.5. The van der Waals surface area contributed by atoms with Crippen molar-refractivity contribution in [3.63, 3.8) is 0 Å². The zero-order valence-electron chi connectivity index (χ0n) is 16.8. The van der Waals surface area contributed by atoms with Crippen LogP contribution >= 0.6 is 35.3 Å². The molecule has 30 heavy (non-hydrogen) atoms. The van der Waals surface area contributed by atoms with Crippen LogP contribution in [0.4, 0.5) is 5.13 Å². The average molecular weight is 488 g/mol. The van der Waals surface area contributed by atoms with E-state index in [0.29, 0.717) is 34.3 Å². The zero-order chi connectivity index (χ0) is 21.2. The monoisotopic (exact) mass is 487 g/mol. The molecule has 0 saturated heterocycles. The van der Waals surface area contributed by atoms with E-state index in [1.54, 1.807) is 30.0 Å². The summed E-state index contributed by atoms with van der Waals surface area (Å²) in [7, 11) is 0.440. The SMILES string of the molecule is CCS(=O)(=O)c1cccc(C(=O)N(CCN(C)C)c2nc3c(Cl)cccc3s2)c1.Cl. The van der Waals surface area contributed by atoms with Gasteiger partial charge in [-0.1, -0.05) is 42.0 Å². The first kappa shape index (κ1) is 24.6. The van der Waals surface area contributed by atoms with Crippen LogP contribution in [-0.4, -0.2) is 57.1 Å². The third kappa shape index (κ3) is 5.31. The van der Waals surface area contributed by atoms with E-state index < -0.39 is 9.84 Å². The smallest absolute Gasteiger partial charge is 0.260 e. The van der Waals surface area contributed by atoms with E-state index in [1.165, 1.54) is 23.5 Å². The Hall–Kier alpha value is -1.71. The van der Waals surface area contributed by atoms with Gasteiger partial charge in [0.05, 0.1) is 20.4 Å². The van der Waals surface area contributed by atoms with Gasteiger partial charge < -0.3 is 4.90 Å². The van der Waals surface area contributed by atoms with Crippen molar-refractivity contribution in [3.8, 4) is 0 Å². The van der Waals surface area contributed by atoms with Crippen molar-refractivity contribution in [1.82, 2.24) is 9.88 Å². The Morgan fingerprint density at radius 2 is 1.83 bits per heavy atom. The molecule has 2 aromatic carbocycles. The lowest BCUT2D eigenvalue weighted by Crippen LogP contribution is -2.36. The number of nitrogens with zero attached hydrogens (tertiary/aromatic N) is 3. The molecule has 1 aromatic heterocycles. The van der Waals surface area contributed by atoms with Crippen molar-refractivity contribution >= 4 is 66.4 Å². The minimum absolute atomic E-state index is 0. The number of halogens is 2. The highest BCUT2D eigenvalue weighted by Crippen LogP contribution is 2.33. The molecule has 0 fully saturated rings. The molecule has 0 aliphatic carbocycles. The quantitative estimate of drug-likeness (QED) is 0.494. The highest BCUT2D eigenvalue weighted by molar-refractivity contribution is 7.91. The van der Waals surface area contributed by atoms with Gasteiger partial charge in [-0.2, -0.15) is 0 Å². The first-order chi connectivity index (χ1) is 13.7. The van der Waals surface area contributed by atoms with Crippen LogP contribution in [0.5, 0.6) is 0 Å². The lowest BCUT2D eigenvalue weighted by Gasteiger charge is -2.22. The van der Waals surface area contributed by atoms with Gasteiger partial charge in [-0.3, -0.25) is 9.69 Å². The molecular formula is C20H23Cl2N3O3S2. The third-order valence-electron chi connectivity index (χ3n) is 4.43. The van der Waals surface area contributed by atoms with E-state index in [9.17, 15) is 13.2 Å². The van der Waals surface area contributed by atoms with Crippen LogP contribution in [0.15, 0.2) is 47.4 Å². The van der Waals surface area contributed by atoms with Gasteiger partial charge in [-0.15, -0.1) is 12.4 Å². The van der Waals surface area contributed by atoms with Gasteiger partial charge in [-0.05, 0) is 44.4 Å². The number of thiazole rings is 1. The molecule has 0 unspecified atom stereocenters. The van der Waals surface area contributed by atoms with E-state index in [-0.39, 0.29) is 29.0 Å². The first-order valence-electron chi connectivity index (χ1n) is 9.07. The molecule has 0 bridgehead atoms. The molecule has 0 aliphatic heterocycles. The second-order valence-electron chi connectivity index (χ2n) is 6.77. The fraction of sp³-hybridized carbons (Fsp3) is 0.300. The molecule has 3 aromatic rings. The van der Waals surface area contributed by atoms with Crippen LogP contribution in [0.3, 0.4) is 0 Å². The van der Waals surface area contributed by atoms with E-state index in [0.717, 1.165) is 4.70 Å². The van der Waals surface area contributed by atoms with E-state index in [1.807, 2.05) is 31.1 Å². The minimum Gasteiger partial charge on any atom is -0.308 e. The first-order valence-corrected chi connectivity index (χ1v) is 11.9. The van der Waals surface area contributed by atoms with Crippen molar-refractivity contribution < 1.29 is 13.2 Å². The molecule has 162 valence electrons. The van der Waals surface area contributed by atoms with Gasteiger partial charge in [0.25, 0.3) is 5.91 Å². The number of anilines is 1. The predicted molar refractivity (Wildman–Crippen MR) is 126 cm³/mol. The predicted octanol–water partition coefficient (Wildman–Crippen LogP) is 4.37. The largest absolute Gasteiger partial charge is 0.308 e. The van der Waals surface area contributed by atoms with Gasteiger partial charge in [0.2, 0.25) is 0 Å². The fourth-order valence-corrected chi connectivity index (χ4v) is 4.96. The van der Waals surface area contributed by atoms with Gasteiger partial charge in [-0.25, -0.2) is 13.4 Å². The van der Waals surface area contributed by atoms with Gasteiger partial charge >= 0.3 is 0 Å². The number of rotatable bonds is 7. The third-order valence-corrected chi connectivity index (χ3v) is 7.51. The van der Waals surface area contributed by atoms with Crippen LogP contribution in [0, 0.1) is 0 Å². The number of hydrogen-bond acceptors (Lipinski definition) is 6. The topological polar surface area (TPSA) is 70.6 Å². The Kier molecular flexibility index (Phi) is 8.24. The highest BCUT2D eigenvalue weighted by atomic mass is 35.5. The van der Waals surface area contributed by atoms with Gasteiger partial charge in [0, 0.05) is 18.7 Å². The van der Waals surface area contributed by atoms with E-state index in [4.69, 9.17) is 11.6 Å². The summed E-state index contributed by atoms with van der Waals surface area (Å²) >= 11 is 7.63. The van der Waals surface area contributed by atoms with Gasteiger partial charge in [0.1, 0.15) is 5.52 Å². The van der Waals surface area contributed by atoms with Crippen molar-refractivity contribution in [2.75, 3.05) is 37.8 Å². The molecule has 0 spiro atoms. The summed E-state index contributed by atoms with van der Waals surface area (Å²) in [6.07, 6.45) is 0. The van der Waals surface area contributed by atoms with E-state index >= 15 is 0 Å². The molecule has 1 amide bonds. The van der Waals surface area contributed by atoms with Crippen LogP contribution in [-0.2, 0) is 9.84 Å². The van der Waals surface area contributed by atoms with Crippen LogP contribution in [0.25, 0.3) is 10.2 Å². The number of para-hydroxylation sites is 1. The fourth-order valence-electron chi connectivity index (χ4n) is 2.75. The van der Waals surface area contributed by atoms with Crippen LogP contribution < -0.4 is 4.90 Å². The molecule has 0 saturated carbocycles. The summed E-state index contributed by atoms with van der Waals surface area (Å²) in [5.74, 6) is -0.319. The molecule has 0 atom stereocenters. The highest BCUT2D eigenvalue weighted by Gasteiger charge is 2.23. The van der Waals surface area contributed by atoms with Gasteiger partial charge in [0.15, 0.2) is 15.0 Å². The minimum atomic E-state index is -3.41. The van der Waals surface area contributed by atoms with Crippen molar-refractivity contribution in [1.29, 1.82) is 0 Å². The molecule has 6 nitrogen and oxygen atoms in total. The molecule has 10 heteroatoms. The number of amides is 1. The Labute approximate surface area is 191 Å². The normalized spacial score (nSPS) is 11.5. The number of fused-ring (bicyclic) bond motifs is 1. The second kappa shape index (κ2) is 10.1. The maximum atomic E-state index is 13.3. The number of benzene rings is 2. The lowest BCUT2D eigenvalue weighted by atomic mass is 10.2. The van der Waals surface area contributed by atoms with Crippen LogP contribution in [0.1, 0.15) is 17.3 Å². The lowest BCUT2D eigenvalue weighted by molar-refractivity contribution is 0.0985. The molecule has 3 rings (SSSR count). The number of hydrogen-bond donors (Lipinski definition) is 0. The Morgan fingerprint density at radius 1 is 1.13 bits per heavy atom. The van der Waals surface area contributed by atoms with E-state index in [2.05, 4.69) is 4.98 Å². The number of sulfone groups is 1. The Bertz CT molecular complexity index is 1150. The number of carbonyl (C=O) groups excluding carboxylic acids is 1. The average Bonchev–Trinajstić information content (AvgIpc) is 3.13. The summed E-state index contributed by atoms with van der Waals surface area (Å²) in [4.78, 5) is 21.6. The number of carbonyl (C=O) groups is 1. The molecule has 0 radical (unpaired) electrons. The van der Waals surface area contributed by atoms with Crippen molar-refractivity contribution in [2.45, 2.75) is 11.8 Å². The summed E-state index contributed by atoms with van der Waals surface area (Å²) in [5.41, 5.74) is 0.961. The summed E-state index contributed by atoms with van der Waals surface area (Å²) < 4.78 is 25.3. The summed E-state index contributed by atoms with van der Waals surface area (Å²) in [6.45, 7) is 2.62.